The maximum atomic E-state index is 4.71. The van der Waals surface area contributed by atoms with Crippen molar-refractivity contribution in [2.75, 3.05) is 0 Å². The highest BCUT2D eigenvalue weighted by Gasteiger charge is 2.09. The lowest BCUT2D eigenvalue weighted by atomic mass is 10.1. The zero-order valence-corrected chi connectivity index (χ0v) is 10.9. The van der Waals surface area contributed by atoms with E-state index in [1.54, 1.807) is 11.3 Å². The van der Waals surface area contributed by atoms with Gasteiger partial charge in [0.2, 0.25) is 0 Å². The Hall–Kier alpha value is -2.26. The number of hydrogen-bond donors (Lipinski definition) is 0. The molecule has 0 fully saturated rings. The first-order chi connectivity index (χ1) is 9.42. The number of benzene rings is 2. The van der Waals surface area contributed by atoms with Gasteiger partial charge in [0.05, 0.1) is 10.2 Å². The average molecular weight is 262 g/mol. The highest BCUT2D eigenvalue weighted by atomic mass is 32.1. The first-order valence-corrected chi connectivity index (χ1v) is 6.92. The molecular weight excluding hydrogens is 252 g/mol. The molecule has 2 nitrogen and oxygen atoms in total. The topological polar surface area (TPSA) is 25.8 Å². The summed E-state index contributed by atoms with van der Waals surface area (Å²) < 4.78 is 1.21. The maximum Gasteiger partial charge on any atom is 0.126 e. The Morgan fingerprint density at radius 2 is 1.68 bits per heavy atom. The number of rotatable bonds is 1. The van der Waals surface area contributed by atoms with Crippen LogP contribution in [0.15, 0.2) is 60.9 Å². The molecular formula is C16H10N2S. The van der Waals surface area contributed by atoms with Gasteiger partial charge in [0.1, 0.15) is 5.01 Å². The Morgan fingerprint density at radius 1 is 0.842 bits per heavy atom. The summed E-state index contributed by atoms with van der Waals surface area (Å²) in [7, 11) is 0. The van der Waals surface area contributed by atoms with Gasteiger partial charge in [0, 0.05) is 23.3 Å². The molecule has 0 saturated carbocycles. The lowest BCUT2D eigenvalue weighted by Gasteiger charge is -2.01. The Balaban J connectivity index is 2.03. The summed E-state index contributed by atoms with van der Waals surface area (Å²) >= 11 is 1.71. The summed E-state index contributed by atoms with van der Waals surface area (Å²) in [5, 5.41) is 3.39. The van der Waals surface area contributed by atoms with Gasteiger partial charge in [-0.2, -0.15) is 0 Å². The van der Waals surface area contributed by atoms with E-state index >= 15 is 0 Å². The summed E-state index contributed by atoms with van der Waals surface area (Å²) in [6.07, 6.45) is 3.80. The molecule has 0 amide bonds. The second-order valence-electron chi connectivity index (χ2n) is 4.39. The lowest BCUT2D eigenvalue weighted by Crippen LogP contribution is -1.82. The van der Waals surface area contributed by atoms with Crippen molar-refractivity contribution in [3.05, 3.63) is 60.9 Å². The molecule has 0 spiro atoms. The Bertz CT molecular complexity index is 842. The highest BCUT2D eigenvalue weighted by Crippen LogP contribution is 2.33. The molecule has 0 aliphatic rings. The number of thiazole rings is 1. The van der Waals surface area contributed by atoms with Crippen LogP contribution in [0.4, 0.5) is 0 Å². The van der Waals surface area contributed by atoms with Crippen molar-refractivity contribution >= 4 is 32.3 Å². The summed E-state index contributed by atoms with van der Waals surface area (Å²) in [6.45, 7) is 0. The van der Waals surface area contributed by atoms with Crippen molar-refractivity contribution in [3.8, 4) is 10.6 Å². The van der Waals surface area contributed by atoms with E-state index in [1.165, 1.54) is 10.1 Å². The largest absolute Gasteiger partial charge is 0.263 e. The van der Waals surface area contributed by atoms with Gasteiger partial charge in [0.25, 0.3) is 0 Å². The number of aromatic nitrogens is 2. The quantitative estimate of drug-likeness (QED) is 0.504. The van der Waals surface area contributed by atoms with Crippen LogP contribution in [0.25, 0.3) is 31.6 Å². The maximum absolute atomic E-state index is 4.71. The third-order valence-corrected chi connectivity index (χ3v) is 4.26. The first kappa shape index (κ1) is 10.6. The van der Waals surface area contributed by atoms with E-state index in [-0.39, 0.29) is 0 Å². The number of hydrogen-bond acceptors (Lipinski definition) is 3. The summed E-state index contributed by atoms with van der Waals surface area (Å²) in [5.74, 6) is 0. The molecule has 0 N–H and O–H groups in total. The zero-order chi connectivity index (χ0) is 12.7. The molecule has 2 aromatic heterocycles. The Kier molecular flexibility index (Phi) is 2.32. The van der Waals surface area contributed by atoms with Gasteiger partial charge in [-0.15, -0.1) is 11.3 Å². The normalized spacial score (nSPS) is 11.2. The third kappa shape index (κ3) is 1.71. The predicted molar refractivity (Wildman–Crippen MR) is 80.4 cm³/mol. The molecule has 0 saturated heterocycles. The van der Waals surface area contributed by atoms with Crippen LogP contribution in [0.1, 0.15) is 0 Å². The van der Waals surface area contributed by atoms with Crippen LogP contribution in [0.2, 0.25) is 0 Å². The number of para-hydroxylation sites is 1. The third-order valence-electron chi connectivity index (χ3n) is 3.19. The van der Waals surface area contributed by atoms with Crippen LogP contribution in [0, 0.1) is 0 Å². The number of fused-ring (bicyclic) bond motifs is 2. The summed E-state index contributed by atoms with van der Waals surface area (Å²) in [5.41, 5.74) is 2.16. The van der Waals surface area contributed by atoms with E-state index in [2.05, 4.69) is 29.2 Å². The first-order valence-electron chi connectivity index (χ1n) is 6.10. The van der Waals surface area contributed by atoms with Gasteiger partial charge in [-0.25, -0.2) is 4.98 Å². The summed E-state index contributed by atoms with van der Waals surface area (Å²) in [4.78, 5) is 9.04. The summed E-state index contributed by atoms with van der Waals surface area (Å²) in [6, 6.07) is 16.5. The smallest absolute Gasteiger partial charge is 0.126 e. The second-order valence-corrected chi connectivity index (χ2v) is 5.43. The molecule has 90 valence electrons. The zero-order valence-electron chi connectivity index (χ0n) is 10.1. The monoisotopic (exact) mass is 262 g/mol. The van der Waals surface area contributed by atoms with Gasteiger partial charge in [-0.3, -0.25) is 4.98 Å². The molecule has 19 heavy (non-hydrogen) atoms. The molecule has 2 aromatic carbocycles. The lowest BCUT2D eigenvalue weighted by molar-refractivity contribution is 1.35. The van der Waals surface area contributed by atoms with E-state index in [0.717, 1.165) is 21.5 Å². The Morgan fingerprint density at radius 3 is 2.63 bits per heavy atom. The van der Waals surface area contributed by atoms with Gasteiger partial charge in [-0.05, 0) is 17.5 Å². The predicted octanol–water partition coefficient (Wildman–Crippen LogP) is 4.51. The Labute approximate surface area is 114 Å². The minimum Gasteiger partial charge on any atom is -0.263 e. The van der Waals surface area contributed by atoms with Crippen LogP contribution in [0.3, 0.4) is 0 Å². The molecule has 0 aliphatic carbocycles. The molecule has 3 heteroatoms. The molecule has 0 unspecified atom stereocenters. The standard InChI is InChI=1S/C16H10N2S/c1-2-6-12-11(5-1)9-17-10-13(12)16-18-14-7-3-4-8-15(14)19-16/h1-10H. The fourth-order valence-corrected chi connectivity index (χ4v) is 3.26. The SMILES string of the molecule is c1ccc2c(-c3nc4ccccc4s3)cncc2c1. The van der Waals surface area contributed by atoms with Crippen molar-refractivity contribution in [2.45, 2.75) is 0 Å². The van der Waals surface area contributed by atoms with Crippen molar-refractivity contribution in [1.29, 1.82) is 0 Å². The molecule has 0 atom stereocenters. The minimum absolute atomic E-state index is 1.03. The van der Waals surface area contributed by atoms with Crippen molar-refractivity contribution in [2.24, 2.45) is 0 Å². The number of pyridine rings is 1. The van der Waals surface area contributed by atoms with Crippen molar-refractivity contribution in [3.63, 3.8) is 0 Å². The van der Waals surface area contributed by atoms with E-state index in [4.69, 9.17) is 4.98 Å². The molecule has 2 heterocycles. The van der Waals surface area contributed by atoms with E-state index < -0.39 is 0 Å². The minimum atomic E-state index is 1.03. The second kappa shape index (κ2) is 4.14. The van der Waals surface area contributed by atoms with Gasteiger partial charge < -0.3 is 0 Å². The molecule has 0 bridgehead atoms. The molecule has 0 radical (unpaired) electrons. The van der Waals surface area contributed by atoms with Crippen LogP contribution in [-0.4, -0.2) is 9.97 Å². The van der Waals surface area contributed by atoms with E-state index in [0.29, 0.717) is 0 Å². The average Bonchev–Trinajstić information content (AvgIpc) is 2.90. The van der Waals surface area contributed by atoms with Crippen LogP contribution in [-0.2, 0) is 0 Å². The molecule has 4 rings (SSSR count). The fourth-order valence-electron chi connectivity index (χ4n) is 2.27. The van der Waals surface area contributed by atoms with Crippen molar-refractivity contribution < 1.29 is 0 Å². The van der Waals surface area contributed by atoms with E-state index in [1.807, 2.05) is 36.7 Å². The van der Waals surface area contributed by atoms with Crippen LogP contribution < -0.4 is 0 Å². The van der Waals surface area contributed by atoms with Crippen LogP contribution in [0.5, 0.6) is 0 Å². The van der Waals surface area contributed by atoms with Gasteiger partial charge in [0.15, 0.2) is 0 Å². The van der Waals surface area contributed by atoms with Crippen LogP contribution >= 0.6 is 11.3 Å². The number of nitrogens with zero attached hydrogens (tertiary/aromatic N) is 2. The van der Waals surface area contributed by atoms with Gasteiger partial charge >= 0.3 is 0 Å². The van der Waals surface area contributed by atoms with Gasteiger partial charge in [-0.1, -0.05) is 36.4 Å². The molecule has 0 aliphatic heterocycles. The fraction of sp³-hybridized carbons (Fsp3) is 0. The highest BCUT2D eigenvalue weighted by molar-refractivity contribution is 7.21. The van der Waals surface area contributed by atoms with Crippen molar-refractivity contribution in [1.82, 2.24) is 9.97 Å². The van der Waals surface area contributed by atoms with E-state index in [9.17, 15) is 0 Å². The molecule has 4 aromatic rings.